The normalized spacial score (nSPS) is 12.8. The van der Waals surface area contributed by atoms with E-state index >= 15 is 0 Å². The zero-order valence-electron chi connectivity index (χ0n) is 25.2. The molecule has 10 nitrogen and oxygen atoms in total. The molecule has 3 heterocycles. The van der Waals surface area contributed by atoms with Gasteiger partial charge < -0.3 is 19.9 Å². The molecule has 0 saturated carbocycles. The second-order valence-electron chi connectivity index (χ2n) is 10.8. The predicted molar refractivity (Wildman–Crippen MR) is 163 cm³/mol. The first kappa shape index (κ1) is 31.6. The highest BCUT2D eigenvalue weighted by Gasteiger charge is 2.41. The summed E-state index contributed by atoms with van der Waals surface area (Å²) in [5, 5.41) is 23.5. The summed E-state index contributed by atoms with van der Waals surface area (Å²) in [5.74, 6) is 0.689. The van der Waals surface area contributed by atoms with Gasteiger partial charge in [0.1, 0.15) is 18.0 Å². The molecule has 1 aliphatic heterocycles. The van der Waals surface area contributed by atoms with E-state index in [9.17, 15) is 18.0 Å². The molecule has 45 heavy (non-hydrogen) atoms. The fourth-order valence-corrected chi connectivity index (χ4v) is 5.32. The van der Waals surface area contributed by atoms with Gasteiger partial charge in [0.25, 0.3) is 5.91 Å². The van der Waals surface area contributed by atoms with Crippen LogP contribution in [-0.2, 0) is 31.1 Å². The van der Waals surface area contributed by atoms with E-state index in [1.54, 1.807) is 17.0 Å². The highest BCUT2D eigenvalue weighted by Crippen LogP contribution is 2.41. The summed E-state index contributed by atoms with van der Waals surface area (Å²) >= 11 is 0. The summed E-state index contributed by atoms with van der Waals surface area (Å²) in [6, 6.07) is 14.1. The molecule has 2 N–H and O–H groups in total. The van der Waals surface area contributed by atoms with Gasteiger partial charge >= 0.3 is 6.18 Å². The van der Waals surface area contributed by atoms with Crippen molar-refractivity contribution in [1.82, 2.24) is 25.1 Å². The van der Waals surface area contributed by atoms with Gasteiger partial charge in [0.2, 0.25) is 0 Å². The number of anilines is 2. The maximum atomic E-state index is 14.3. The Morgan fingerprint density at radius 1 is 1.09 bits per heavy atom. The van der Waals surface area contributed by atoms with Crippen LogP contribution < -0.4 is 15.5 Å². The Balaban J connectivity index is 1.58. The number of hydrogen-bond donors (Lipinski definition) is 2. The van der Waals surface area contributed by atoms with Crippen molar-refractivity contribution in [2.24, 2.45) is 7.05 Å². The van der Waals surface area contributed by atoms with E-state index in [1.165, 1.54) is 18.1 Å². The molecule has 5 rings (SSSR count). The number of carbonyl (C=O) groups is 1. The van der Waals surface area contributed by atoms with Gasteiger partial charge in [-0.2, -0.15) is 18.4 Å². The quantitative estimate of drug-likeness (QED) is 0.200. The number of unbranched alkanes of at least 4 members (excludes halogenated alkanes) is 1. The largest absolute Gasteiger partial charge is 0.416 e. The molecule has 4 aromatic rings. The zero-order valence-corrected chi connectivity index (χ0v) is 25.2. The number of aryl methyl sites for hydroxylation is 2. The number of rotatable bonds is 12. The highest BCUT2D eigenvalue weighted by atomic mass is 19.4. The molecular weight excluding hydrogens is 585 g/mol. The standard InChI is InChI=1S/C32H33F3N8O2/c1-20-6-7-23(30-41-39-19-42(30)2)24(12-20)22-15-28(38-9-5-4-8-36)40-29(16-22)43-18-26-25(31(43)44)13-21(17-37-10-11-45-3)14-27(26)32(33,34)35/h6-7,12-16,19,37H,4-5,9-11,17-18H2,1-3H3,(H,38,40). The van der Waals surface area contributed by atoms with Crippen molar-refractivity contribution in [2.45, 2.75) is 39.0 Å². The van der Waals surface area contributed by atoms with Crippen molar-refractivity contribution in [2.75, 3.05) is 37.0 Å². The maximum absolute atomic E-state index is 14.3. The van der Waals surface area contributed by atoms with Crippen LogP contribution in [0.15, 0.2) is 48.8 Å². The van der Waals surface area contributed by atoms with Crippen molar-refractivity contribution >= 4 is 17.5 Å². The Morgan fingerprint density at radius 2 is 1.91 bits per heavy atom. The van der Waals surface area contributed by atoms with E-state index in [-0.39, 0.29) is 30.0 Å². The van der Waals surface area contributed by atoms with E-state index in [0.29, 0.717) is 55.3 Å². The Bertz CT molecular complexity index is 1750. The highest BCUT2D eigenvalue weighted by molar-refractivity contribution is 6.10. The molecule has 234 valence electrons. The van der Waals surface area contributed by atoms with Crippen LogP contribution in [0.2, 0.25) is 0 Å². The summed E-state index contributed by atoms with van der Waals surface area (Å²) in [6.07, 6.45) is -2.15. The van der Waals surface area contributed by atoms with Crippen LogP contribution >= 0.6 is 0 Å². The average Bonchev–Trinajstić information content (AvgIpc) is 3.59. The third-order valence-corrected chi connectivity index (χ3v) is 7.52. The lowest BCUT2D eigenvalue weighted by Crippen LogP contribution is -2.24. The second-order valence-corrected chi connectivity index (χ2v) is 10.8. The van der Waals surface area contributed by atoms with Gasteiger partial charge in [-0.25, -0.2) is 4.98 Å². The van der Waals surface area contributed by atoms with E-state index in [0.717, 1.165) is 22.8 Å². The minimum absolute atomic E-state index is 0.000529. The third kappa shape index (κ3) is 6.97. The summed E-state index contributed by atoms with van der Waals surface area (Å²) in [5.41, 5.74) is 2.67. The molecule has 1 aliphatic rings. The van der Waals surface area contributed by atoms with Crippen molar-refractivity contribution in [3.05, 3.63) is 76.6 Å². The monoisotopic (exact) mass is 618 g/mol. The van der Waals surface area contributed by atoms with Gasteiger partial charge in [-0.05, 0) is 59.9 Å². The van der Waals surface area contributed by atoms with E-state index in [2.05, 4.69) is 31.9 Å². The summed E-state index contributed by atoms with van der Waals surface area (Å²) in [6.45, 7) is 3.11. The smallest absolute Gasteiger partial charge is 0.383 e. The zero-order chi connectivity index (χ0) is 32.1. The molecule has 0 radical (unpaired) electrons. The van der Waals surface area contributed by atoms with Crippen LogP contribution in [0.5, 0.6) is 0 Å². The molecular formula is C32H33F3N8O2. The number of nitrogens with one attached hydrogen (secondary N) is 2. The molecule has 0 saturated heterocycles. The minimum Gasteiger partial charge on any atom is -0.383 e. The Labute approximate surface area is 258 Å². The number of methoxy groups -OCH3 is 1. The van der Waals surface area contributed by atoms with Crippen LogP contribution in [0.4, 0.5) is 24.8 Å². The fourth-order valence-electron chi connectivity index (χ4n) is 5.32. The summed E-state index contributed by atoms with van der Waals surface area (Å²) in [4.78, 5) is 19.8. The van der Waals surface area contributed by atoms with Crippen LogP contribution in [0.3, 0.4) is 0 Å². The number of aromatic nitrogens is 4. The lowest BCUT2D eigenvalue weighted by Gasteiger charge is -2.19. The number of benzene rings is 2. The SMILES string of the molecule is COCCNCc1cc2c(c(C(F)(F)F)c1)CN(c1cc(-c3cc(C)ccc3-c3nncn3C)cc(NCCCC#N)n1)C2=O. The van der Waals surface area contributed by atoms with Crippen molar-refractivity contribution in [3.8, 4) is 28.6 Å². The predicted octanol–water partition coefficient (Wildman–Crippen LogP) is 5.48. The first-order chi connectivity index (χ1) is 21.6. The topological polar surface area (TPSA) is 121 Å². The van der Waals surface area contributed by atoms with E-state index in [1.807, 2.05) is 38.2 Å². The van der Waals surface area contributed by atoms with Gasteiger partial charge in [0.05, 0.1) is 24.8 Å². The Hall–Kier alpha value is -4.80. The molecule has 0 atom stereocenters. The number of fused-ring (bicyclic) bond motifs is 1. The molecule has 0 fully saturated rings. The summed E-state index contributed by atoms with van der Waals surface area (Å²) < 4.78 is 49.7. The first-order valence-electron chi connectivity index (χ1n) is 14.4. The second kappa shape index (κ2) is 13.5. The number of nitrogens with zero attached hydrogens (tertiary/aromatic N) is 6. The minimum atomic E-state index is -4.65. The molecule has 0 bridgehead atoms. The van der Waals surface area contributed by atoms with Crippen LogP contribution in [0.1, 0.15) is 45.5 Å². The number of nitriles is 1. The number of carbonyl (C=O) groups excluding carboxylic acids is 1. The Morgan fingerprint density at radius 3 is 2.62 bits per heavy atom. The molecule has 2 aromatic heterocycles. The van der Waals surface area contributed by atoms with E-state index < -0.39 is 17.6 Å². The van der Waals surface area contributed by atoms with Crippen LogP contribution in [0.25, 0.3) is 22.5 Å². The fraction of sp³-hybridized carbons (Fsp3) is 0.344. The average molecular weight is 619 g/mol. The van der Waals surface area contributed by atoms with Gasteiger partial charge in [-0.1, -0.05) is 23.8 Å². The van der Waals surface area contributed by atoms with Crippen molar-refractivity contribution in [1.29, 1.82) is 5.26 Å². The number of halogens is 3. The lowest BCUT2D eigenvalue weighted by molar-refractivity contribution is -0.138. The van der Waals surface area contributed by atoms with Gasteiger partial charge in [-0.3, -0.25) is 9.69 Å². The molecule has 0 spiro atoms. The van der Waals surface area contributed by atoms with E-state index in [4.69, 9.17) is 10.00 Å². The number of amides is 1. The molecule has 1 amide bonds. The third-order valence-electron chi connectivity index (χ3n) is 7.52. The number of hydrogen-bond acceptors (Lipinski definition) is 8. The lowest BCUT2D eigenvalue weighted by atomic mass is 9.97. The van der Waals surface area contributed by atoms with Gasteiger partial charge in [0, 0.05) is 51.3 Å². The maximum Gasteiger partial charge on any atom is 0.416 e. The molecule has 2 aromatic carbocycles. The van der Waals surface area contributed by atoms with Crippen LogP contribution in [0, 0.1) is 18.3 Å². The van der Waals surface area contributed by atoms with Crippen molar-refractivity contribution in [3.63, 3.8) is 0 Å². The molecule has 0 aliphatic carbocycles. The first-order valence-corrected chi connectivity index (χ1v) is 14.4. The van der Waals surface area contributed by atoms with Crippen LogP contribution in [-0.4, -0.2) is 52.5 Å². The molecule has 13 heteroatoms. The Kier molecular flexibility index (Phi) is 9.45. The van der Waals surface area contributed by atoms with Gasteiger partial charge in [-0.15, -0.1) is 10.2 Å². The number of ether oxygens (including phenoxy) is 1. The summed E-state index contributed by atoms with van der Waals surface area (Å²) in [7, 11) is 3.37. The molecule has 0 unspecified atom stereocenters. The number of alkyl halides is 3. The van der Waals surface area contributed by atoms with Crippen molar-refractivity contribution < 1.29 is 22.7 Å². The number of pyridine rings is 1. The van der Waals surface area contributed by atoms with Gasteiger partial charge in [0.15, 0.2) is 5.82 Å².